The number of hydrogen-bond donors (Lipinski definition) is 1. The summed E-state index contributed by atoms with van der Waals surface area (Å²) in [6.07, 6.45) is 7.26. The Balaban J connectivity index is 2.16. The molecule has 0 heterocycles. The van der Waals surface area contributed by atoms with Crippen LogP contribution in [-0.4, -0.2) is 38.1 Å². The highest BCUT2D eigenvalue weighted by Crippen LogP contribution is 2.22. The Bertz CT molecular complexity index is 164. The Morgan fingerprint density at radius 2 is 1.75 bits per heavy atom. The molecule has 1 aliphatic rings. The molecule has 1 aliphatic carbocycles. The lowest BCUT2D eigenvalue weighted by atomic mass is 9.89. The smallest absolute Gasteiger partial charge is 0.0237 e. The first-order valence-electron chi connectivity index (χ1n) is 6.98. The maximum Gasteiger partial charge on any atom is 0.0237 e. The topological polar surface area (TPSA) is 15.3 Å². The molecule has 96 valence electrons. The fraction of sp³-hybridized carbons (Fsp3) is 1.00. The monoisotopic (exact) mass is 226 g/mol. The second-order valence-electron chi connectivity index (χ2n) is 5.94. The van der Waals surface area contributed by atoms with Crippen molar-refractivity contribution in [1.82, 2.24) is 10.2 Å². The van der Waals surface area contributed by atoms with E-state index in [-0.39, 0.29) is 0 Å². The molecule has 2 heteroatoms. The van der Waals surface area contributed by atoms with Gasteiger partial charge < -0.3 is 10.2 Å². The lowest BCUT2D eigenvalue weighted by Crippen LogP contribution is -2.42. The molecule has 1 atom stereocenters. The third kappa shape index (κ3) is 4.84. The van der Waals surface area contributed by atoms with E-state index in [4.69, 9.17) is 0 Å². The van der Waals surface area contributed by atoms with Gasteiger partial charge in [-0.3, -0.25) is 0 Å². The molecule has 0 aromatic carbocycles. The van der Waals surface area contributed by atoms with E-state index in [9.17, 15) is 0 Å². The van der Waals surface area contributed by atoms with Crippen LogP contribution in [0.15, 0.2) is 0 Å². The standard InChI is InChI=1S/C14H30N2/c1-12(2)14(16(3)4)11-15-10-13-8-6-5-7-9-13/h12-15H,5-11H2,1-4H3. The molecular weight excluding hydrogens is 196 g/mol. The van der Waals surface area contributed by atoms with Crippen LogP contribution < -0.4 is 5.32 Å². The number of rotatable bonds is 6. The molecule has 1 unspecified atom stereocenters. The van der Waals surface area contributed by atoms with Gasteiger partial charge in [-0.05, 0) is 45.3 Å². The first kappa shape index (κ1) is 14.0. The van der Waals surface area contributed by atoms with E-state index in [1.54, 1.807) is 0 Å². The lowest BCUT2D eigenvalue weighted by Gasteiger charge is -2.29. The average molecular weight is 226 g/mol. The molecule has 0 spiro atoms. The molecule has 2 nitrogen and oxygen atoms in total. The SMILES string of the molecule is CC(C)C(CNCC1CCCCC1)N(C)C. The average Bonchev–Trinajstić information content (AvgIpc) is 2.24. The van der Waals surface area contributed by atoms with Crippen LogP contribution >= 0.6 is 0 Å². The van der Waals surface area contributed by atoms with Crippen molar-refractivity contribution in [3.8, 4) is 0 Å². The van der Waals surface area contributed by atoms with Gasteiger partial charge in [0.1, 0.15) is 0 Å². The molecule has 0 aromatic rings. The summed E-state index contributed by atoms with van der Waals surface area (Å²) < 4.78 is 0. The Morgan fingerprint density at radius 1 is 1.12 bits per heavy atom. The number of nitrogens with zero attached hydrogens (tertiary/aromatic N) is 1. The van der Waals surface area contributed by atoms with E-state index >= 15 is 0 Å². The summed E-state index contributed by atoms with van der Waals surface area (Å²) in [5.74, 6) is 1.68. The zero-order valence-corrected chi connectivity index (χ0v) is 11.6. The predicted molar refractivity (Wildman–Crippen MR) is 71.8 cm³/mol. The molecule has 0 amide bonds. The van der Waals surface area contributed by atoms with Gasteiger partial charge in [0.25, 0.3) is 0 Å². The Hall–Kier alpha value is -0.0800. The maximum atomic E-state index is 3.68. The lowest BCUT2D eigenvalue weighted by molar-refractivity contribution is 0.218. The van der Waals surface area contributed by atoms with Crippen molar-refractivity contribution in [1.29, 1.82) is 0 Å². The van der Waals surface area contributed by atoms with Crippen LogP contribution in [0.4, 0.5) is 0 Å². The minimum absolute atomic E-state index is 0.670. The minimum atomic E-state index is 0.670. The van der Waals surface area contributed by atoms with Crippen molar-refractivity contribution < 1.29 is 0 Å². The fourth-order valence-corrected chi connectivity index (χ4v) is 2.84. The van der Waals surface area contributed by atoms with Crippen LogP contribution in [0.3, 0.4) is 0 Å². The van der Waals surface area contributed by atoms with Gasteiger partial charge in [0.05, 0.1) is 0 Å². The summed E-state index contributed by atoms with van der Waals surface area (Å²) in [5.41, 5.74) is 0. The molecule has 0 aliphatic heterocycles. The molecule has 1 N–H and O–H groups in total. The number of hydrogen-bond acceptors (Lipinski definition) is 2. The van der Waals surface area contributed by atoms with Crippen LogP contribution in [0.25, 0.3) is 0 Å². The summed E-state index contributed by atoms with van der Waals surface area (Å²) in [6.45, 7) is 7.00. The first-order valence-corrected chi connectivity index (χ1v) is 6.98. The zero-order valence-electron chi connectivity index (χ0n) is 11.6. The van der Waals surface area contributed by atoms with Crippen molar-refractivity contribution in [2.45, 2.75) is 52.0 Å². The Kier molecular flexibility index (Phi) is 6.37. The summed E-state index contributed by atoms with van der Waals surface area (Å²) in [5, 5.41) is 3.68. The Labute approximate surface area is 102 Å². The fourth-order valence-electron chi connectivity index (χ4n) is 2.84. The van der Waals surface area contributed by atoms with E-state index in [0.29, 0.717) is 6.04 Å². The largest absolute Gasteiger partial charge is 0.315 e. The molecule has 0 aromatic heterocycles. The first-order chi connectivity index (χ1) is 7.61. The van der Waals surface area contributed by atoms with Crippen molar-refractivity contribution in [2.75, 3.05) is 27.2 Å². The quantitative estimate of drug-likeness (QED) is 0.749. The second-order valence-corrected chi connectivity index (χ2v) is 5.94. The van der Waals surface area contributed by atoms with Crippen LogP contribution in [-0.2, 0) is 0 Å². The van der Waals surface area contributed by atoms with E-state index in [0.717, 1.165) is 18.4 Å². The predicted octanol–water partition coefficient (Wildman–Crippen LogP) is 2.74. The second kappa shape index (κ2) is 7.29. The van der Waals surface area contributed by atoms with E-state index in [1.165, 1.54) is 38.6 Å². The summed E-state index contributed by atoms with van der Waals surface area (Å²) in [4.78, 5) is 2.35. The third-order valence-electron chi connectivity index (χ3n) is 3.94. The van der Waals surface area contributed by atoms with E-state index in [2.05, 4.69) is 38.2 Å². The van der Waals surface area contributed by atoms with Gasteiger partial charge in [-0.15, -0.1) is 0 Å². The van der Waals surface area contributed by atoms with Gasteiger partial charge in [0.2, 0.25) is 0 Å². The van der Waals surface area contributed by atoms with Crippen LogP contribution in [0.5, 0.6) is 0 Å². The van der Waals surface area contributed by atoms with Gasteiger partial charge in [-0.2, -0.15) is 0 Å². The van der Waals surface area contributed by atoms with Gasteiger partial charge >= 0.3 is 0 Å². The van der Waals surface area contributed by atoms with Crippen LogP contribution in [0.2, 0.25) is 0 Å². The normalized spacial score (nSPS) is 20.6. The molecule has 1 saturated carbocycles. The van der Waals surface area contributed by atoms with Gasteiger partial charge in [-0.25, -0.2) is 0 Å². The number of likely N-dealkylation sites (N-methyl/N-ethyl adjacent to an activating group) is 1. The molecule has 1 rings (SSSR count). The van der Waals surface area contributed by atoms with Crippen LogP contribution in [0, 0.1) is 11.8 Å². The Morgan fingerprint density at radius 3 is 2.25 bits per heavy atom. The van der Waals surface area contributed by atoms with Crippen molar-refractivity contribution in [3.05, 3.63) is 0 Å². The zero-order chi connectivity index (χ0) is 12.0. The molecule has 1 fully saturated rings. The molecule has 16 heavy (non-hydrogen) atoms. The van der Waals surface area contributed by atoms with Crippen molar-refractivity contribution in [3.63, 3.8) is 0 Å². The summed E-state index contributed by atoms with van der Waals surface area (Å²) >= 11 is 0. The van der Waals surface area contributed by atoms with Gasteiger partial charge in [0, 0.05) is 12.6 Å². The summed E-state index contributed by atoms with van der Waals surface area (Å²) in [7, 11) is 4.37. The van der Waals surface area contributed by atoms with E-state index < -0.39 is 0 Å². The molecule has 0 radical (unpaired) electrons. The maximum absolute atomic E-state index is 3.68. The van der Waals surface area contributed by atoms with Gasteiger partial charge in [-0.1, -0.05) is 33.1 Å². The highest BCUT2D eigenvalue weighted by atomic mass is 15.1. The highest BCUT2D eigenvalue weighted by molar-refractivity contribution is 4.75. The van der Waals surface area contributed by atoms with Crippen molar-refractivity contribution >= 4 is 0 Å². The van der Waals surface area contributed by atoms with Crippen LogP contribution in [0.1, 0.15) is 46.0 Å². The summed E-state index contributed by atoms with van der Waals surface area (Å²) in [6, 6.07) is 0.670. The third-order valence-corrected chi connectivity index (χ3v) is 3.94. The van der Waals surface area contributed by atoms with Crippen molar-refractivity contribution in [2.24, 2.45) is 11.8 Å². The molecule has 0 bridgehead atoms. The van der Waals surface area contributed by atoms with Gasteiger partial charge in [0.15, 0.2) is 0 Å². The molecule has 0 saturated heterocycles. The number of nitrogens with one attached hydrogen (secondary N) is 1. The highest BCUT2D eigenvalue weighted by Gasteiger charge is 2.17. The van der Waals surface area contributed by atoms with E-state index in [1.807, 2.05) is 0 Å². The molecular formula is C14H30N2. The minimum Gasteiger partial charge on any atom is -0.315 e.